The summed E-state index contributed by atoms with van der Waals surface area (Å²) in [5, 5.41) is 1.08. The normalized spacial score (nSPS) is 13.1. The molecular formula is C7H16N2O2S. The third-order valence-corrected chi connectivity index (χ3v) is 2.13. The third-order valence-electron chi connectivity index (χ3n) is 1.46. The van der Waals surface area contributed by atoms with Crippen LogP contribution in [0.5, 0.6) is 0 Å². The maximum Gasteiger partial charge on any atom is 0.172 e. The first-order valence-corrected chi connectivity index (χ1v) is 5.78. The fraction of sp³-hybridized carbons (Fsp3) is 0.714. The molecule has 0 aliphatic rings. The molecule has 5 heteroatoms. The number of sulfone groups is 1. The van der Waals surface area contributed by atoms with Crippen LogP contribution in [0.25, 0.3) is 0 Å². The van der Waals surface area contributed by atoms with Crippen molar-refractivity contribution in [2.75, 3.05) is 19.3 Å². The van der Waals surface area contributed by atoms with E-state index in [1.54, 1.807) is 4.90 Å². The molecule has 0 atom stereocenters. The highest BCUT2D eigenvalue weighted by Crippen LogP contribution is 1.98. The van der Waals surface area contributed by atoms with Gasteiger partial charge in [-0.2, -0.15) is 0 Å². The molecule has 0 spiro atoms. The summed E-state index contributed by atoms with van der Waals surface area (Å²) in [7, 11) is -3.12. The standard InChI is InChI=1S/C7H16N2O2S/c1-4-9(5-2)7(8)6-12(3,10)11/h6H,4-5,8H2,1-3H3. The van der Waals surface area contributed by atoms with Gasteiger partial charge in [-0.15, -0.1) is 0 Å². The van der Waals surface area contributed by atoms with Crippen LogP contribution in [-0.2, 0) is 9.84 Å². The zero-order valence-electron chi connectivity index (χ0n) is 7.74. The van der Waals surface area contributed by atoms with Crippen LogP contribution in [0.15, 0.2) is 11.2 Å². The molecule has 0 radical (unpaired) electrons. The second kappa shape index (κ2) is 4.35. The Morgan fingerprint density at radius 2 is 1.83 bits per heavy atom. The second-order valence-electron chi connectivity index (χ2n) is 2.54. The number of hydrogen-bond acceptors (Lipinski definition) is 4. The van der Waals surface area contributed by atoms with Crippen molar-refractivity contribution in [3.63, 3.8) is 0 Å². The molecule has 0 aromatic heterocycles. The molecule has 0 fully saturated rings. The quantitative estimate of drug-likeness (QED) is 0.687. The van der Waals surface area contributed by atoms with E-state index in [2.05, 4.69) is 0 Å². The lowest BCUT2D eigenvalue weighted by Crippen LogP contribution is -2.27. The van der Waals surface area contributed by atoms with Crippen LogP contribution in [0, 0.1) is 0 Å². The second-order valence-corrected chi connectivity index (χ2v) is 4.44. The van der Waals surface area contributed by atoms with Crippen molar-refractivity contribution in [1.82, 2.24) is 4.90 Å². The van der Waals surface area contributed by atoms with E-state index in [9.17, 15) is 8.42 Å². The van der Waals surface area contributed by atoms with Crippen molar-refractivity contribution in [3.8, 4) is 0 Å². The molecule has 0 unspecified atom stereocenters. The topological polar surface area (TPSA) is 63.4 Å². The molecule has 0 amide bonds. The van der Waals surface area contributed by atoms with E-state index >= 15 is 0 Å². The van der Waals surface area contributed by atoms with Gasteiger partial charge in [-0.25, -0.2) is 8.42 Å². The fourth-order valence-corrected chi connectivity index (χ4v) is 1.47. The van der Waals surface area contributed by atoms with Gasteiger partial charge in [-0.3, -0.25) is 0 Å². The molecule has 0 bridgehead atoms. The molecule has 0 saturated carbocycles. The summed E-state index contributed by atoms with van der Waals surface area (Å²) < 4.78 is 21.6. The lowest BCUT2D eigenvalue weighted by Gasteiger charge is -2.20. The van der Waals surface area contributed by atoms with Crippen LogP contribution in [-0.4, -0.2) is 32.7 Å². The fourth-order valence-electron chi connectivity index (χ4n) is 0.883. The highest BCUT2D eigenvalue weighted by Gasteiger charge is 2.04. The van der Waals surface area contributed by atoms with Crippen LogP contribution < -0.4 is 5.73 Å². The molecule has 0 rings (SSSR count). The Labute approximate surface area is 74.0 Å². The van der Waals surface area contributed by atoms with Crippen molar-refractivity contribution in [2.45, 2.75) is 13.8 Å². The van der Waals surface area contributed by atoms with Crippen molar-refractivity contribution >= 4 is 9.84 Å². The van der Waals surface area contributed by atoms with Gasteiger partial charge >= 0.3 is 0 Å². The predicted octanol–water partition coefficient (Wildman–Crippen LogP) is 0.130. The molecular weight excluding hydrogens is 176 g/mol. The minimum atomic E-state index is -3.12. The van der Waals surface area contributed by atoms with Gasteiger partial charge in [-0.05, 0) is 13.8 Å². The van der Waals surface area contributed by atoms with E-state index in [4.69, 9.17) is 5.73 Å². The highest BCUT2D eigenvalue weighted by atomic mass is 32.2. The maximum absolute atomic E-state index is 10.8. The van der Waals surface area contributed by atoms with Gasteiger partial charge in [0.1, 0.15) is 5.82 Å². The smallest absolute Gasteiger partial charge is 0.172 e. The summed E-state index contributed by atoms with van der Waals surface area (Å²) in [6, 6.07) is 0. The minimum absolute atomic E-state index is 0.308. The monoisotopic (exact) mass is 192 g/mol. The van der Waals surface area contributed by atoms with Gasteiger partial charge in [-0.1, -0.05) is 0 Å². The lowest BCUT2D eigenvalue weighted by atomic mass is 10.5. The number of hydrogen-bond donors (Lipinski definition) is 1. The summed E-state index contributed by atoms with van der Waals surface area (Å²) >= 11 is 0. The molecule has 0 saturated heterocycles. The Morgan fingerprint density at radius 3 is 2.08 bits per heavy atom. The van der Waals surface area contributed by atoms with Crippen LogP contribution in [0.4, 0.5) is 0 Å². The molecule has 0 heterocycles. The zero-order chi connectivity index (χ0) is 9.78. The van der Waals surface area contributed by atoms with Crippen LogP contribution in [0.3, 0.4) is 0 Å². The average Bonchev–Trinajstić information content (AvgIpc) is 1.85. The van der Waals surface area contributed by atoms with Gasteiger partial charge in [0.15, 0.2) is 9.84 Å². The Bertz CT molecular complexity index is 253. The Hall–Kier alpha value is -0.710. The number of rotatable bonds is 4. The van der Waals surface area contributed by atoms with Crippen molar-refractivity contribution < 1.29 is 8.42 Å². The summed E-state index contributed by atoms with van der Waals surface area (Å²) in [4.78, 5) is 1.78. The van der Waals surface area contributed by atoms with Gasteiger partial charge in [0, 0.05) is 19.3 Å². The van der Waals surface area contributed by atoms with E-state index in [-0.39, 0.29) is 0 Å². The average molecular weight is 192 g/mol. The Balaban J connectivity index is 4.57. The van der Waals surface area contributed by atoms with E-state index in [1.165, 1.54) is 0 Å². The Morgan fingerprint density at radius 1 is 1.42 bits per heavy atom. The molecule has 2 N–H and O–H groups in total. The van der Waals surface area contributed by atoms with E-state index in [1.807, 2.05) is 13.8 Å². The van der Waals surface area contributed by atoms with E-state index in [0.29, 0.717) is 18.9 Å². The SMILES string of the molecule is CCN(CC)C(N)=CS(C)(=O)=O. The minimum Gasteiger partial charge on any atom is -0.385 e. The summed E-state index contributed by atoms with van der Waals surface area (Å²) in [6.07, 6.45) is 1.13. The number of nitrogens with zero attached hydrogens (tertiary/aromatic N) is 1. The first-order valence-electron chi connectivity index (χ1n) is 3.82. The lowest BCUT2D eigenvalue weighted by molar-refractivity contribution is 0.379. The van der Waals surface area contributed by atoms with Crippen molar-refractivity contribution in [2.24, 2.45) is 5.73 Å². The van der Waals surface area contributed by atoms with Crippen molar-refractivity contribution in [3.05, 3.63) is 11.2 Å². The van der Waals surface area contributed by atoms with E-state index in [0.717, 1.165) is 11.7 Å². The number of nitrogens with two attached hydrogens (primary N) is 1. The van der Waals surface area contributed by atoms with Gasteiger partial charge in [0.2, 0.25) is 0 Å². The molecule has 72 valence electrons. The molecule has 12 heavy (non-hydrogen) atoms. The molecule has 0 aliphatic carbocycles. The molecule has 0 aromatic rings. The Kier molecular flexibility index (Phi) is 4.09. The largest absolute Gasteiger partial charge is 0.385 e. The zero-order valence-corrected chi connectivity index (χ0v) is 8.56. The molecule has 0 aliphatic heterocycles. The van der Waals surface area contributed by atoms with Crippen LogP contribution in [0.2, 0.25) is 0 Å². The van der Waals surface area contributed by atoms with Gasteiger partial charge in [0.25, 0.3) is 0 Å². The maximum atomic E-state index is 10.8. The molecule has 4 nitrogen and oxygen atoms in total. The van der Waals surface area contributed by atoms with E-state index < -0.39 is 9.84 Å². The first kappa shape index (κ1) is 11.3. The third kappa shape index (κ3) is 4.23. The predicted molar refractivity (Wildman–Crippen MR) is 50.0 cm³/mol. The van der Waals surface area contributed by atoms with Crippen LogP contribution in [0.1, 0.15) is 13.8 Å². The first-order chi connectivity index (χ1) is 5.40. The van der Waals surface area contributed by atoms with Crippen LogP contribution >= 0.6 is 0 Å². The highest BCUT2D eigenvalue weighted by molar-refractivity contribution is 7.93. The summed E-state index contributed by atoms with van der Waals surface area (Å²) in [5.74, 6) is 0.308. The van der Waals surface area contributed by atoms with Crippen molar-refractivity contribution in [1.29, 1.82) is 0 Å². The van der Waals surface area contributed by atoms with Gasteiger partial charge < -0.3 is 10.6 Å². The summed E-state index contributed by atoms with van der Waals surface area (Å²) in [6.45, 7) is 5.28. The summed E-state index contributed by atoms with van der Waals surface area (Å²) in [5.41, 5.74) is 5.53. The van der Waals surface area contributed by atoms with Gasteiger partial charge in [0.05, 0.1) is 5.41 Å². The molecule has 0 aromatic carbocycles.